The van der Waals surface area contributed by atoms with Crippen molar-refractivity contribution >= 4 is 23.5 Å². The summed E-state index contributed by atoms with van der Waals surface area (Å²) >= 11 is 5.86. The summed E-state index contributed by atoms with van der Waals surface area (Å²) in [6.07, 6.45) is 0. The van der Waals surface area contributed by atoms with Gasteiger partial charge in [-0.05, 0) is 24.3 Å². The van der Waals surface area contributed by atoms with E-state index >= 15 is 0 Å². The molecule has 0 atom stereocenters. The lowest BCUT2D eigenvalue weighted by atomic mass is 10.2. The fraction of sp³-hybridized carbons (Fsp3) is 0. The Morgan fingerprint density at radius 2 is 1.48 bits per heavy atom. The Balaban J connectivity index is 2.29. The molecule has 0 aliphatic heterocycles. The highest BCUT2D eigenvalue weighted by Gasteiger charge is 2.18. The molecular formula is C14H9ClO6. The average molecular weight is 309 g/mol. The SMILES string of the molecule is O=C(O)c1ccccc1OOc1c(Cl)cccc1C(=O)O. The maximum Gasteiger partial charge on any atom is 0.339 e. The summed E-state index contributed by atoms with van der Waals surface area (Å²) in [7, 11) is 0. The van der Waals surface area contributed by atoms with E-state index in [1.165, 1.54) is 36.4 Å². The predicted octanol–water partition coefficient (Wildman–Crippen LogP) is 3.11. The molecule has 21 heavy (non-hydrogen) atoms. The Morgan fingerprint density at radius 3 is 2.14 bits per heavy atom. The highest BCUT2D eigenvalue weighted by molar-refractivity contribution is 6.32. The average Bonchev–Trinajstić information content (AvgIpc) is 2.45. The molecular weight excluding hydrogens is 300 g/mol. The first-order valence-corrected chi connectivity index (χ1v) is 6.07. The van der Waals surface area contributed by atoms with Crippen molar-refractivity contribution in [3.8, 4) is 11.5 Å². The van der Waals surface area contributed by atoms with Gasteiger partial charge >= 0.3 is 11.9 Å². The molecule has 0 fully saturated rings. The number of halogens is 1. The molecule has 0 aliphatic carbocycles. The molecule has 0 aliphatic rings. The Labute approximate surface area is 124 Å². The van der Waals surface area contributed by atoms with Gasteiger partial charge in [-0.15, -0.1) is 0 Å². The van der Waals surface area contributed by atoms with Crippen LogP contribution in [0.3, 0.4) is 0 Å². The van der Waals surface area contributed by atoms with Crippen LogP contribution in [0.1, 0.15) is 20.7 Å². The lowest BCUT2D eigenvalue weighted by Crippen LogP contribution is -2.09. The second kappa shape index (κ2) is 6.15. The number of para-hydroxylation sites is 2. The van der Waals surface area contributed by atoms with E-state index in [9.17, 15) is 9.59 Å². The van der Waals surface area contributed by atoms with E-state index in [1.54, 1.807) is 6.07 Å². The van der Waals surface area contributed by atoms with Gasteiger partial charge in [0.25, 0.3) is 0 Å². The second-order valence-electron chi connectivity index (χ2n) is 3.89. The summed E-state index contributed by atoms with van der Waals surface area (Å²) in [6.45, 7) is 0. The monoisotopic (exact) mass is 308 g/mol. The van der Waals surface area contributed by atoms with Gasteiger partial charge in [-0.2, -0.15) is 0 Å². The zero-order chi connectivity index (χ0) is 15.4. The van der Waals surface area contributed by atoms with Gasteiger partial charge < -0.3 is 10.2 Å². The van der Waals surface area contributed by atoms with E-state index in [4.69, 9.17) is 31.6 Å². The van der Waals surface area contributed by atoms with Gasteiger partial charge in [0.2, 0.25) is 5.75 Å². The van der Waals surface area contributed by atoms with Crippen LogP contribution in [0, 0.1) is 0 Å². The van der Waals surface area contributed by atoms with Crippen molar-refractivity contribution in [1.82, 2.24) is 0 Å². The van der Waals surface area contributed by atoms with Crippen molar-refractivity contribution in [2.45, 2.75) is 0 Å². The van der Waals surface area contributed by atoms with Crippen molar-refractivity contribution in [3.63, 3.8) is 0 Å². The van der Waals surface area contributed by atoms with Crippen LogP contribution in [0.15, 0.2) is 42.5 Å². The van der Waals surface area contributed by atoms with Crippen molar-refractivity contribution in [2.24, 2.45) is 0 Å². The fourth-order valence-electron chi connectivity index (χ4n) is 1.56. The topological polar surface area (TPSA) is 93.1 Å². The molecule has 0 saturated carbocycles. The lowest BCUT2D eigenvalue weighted by Gasteiger charge is -2.10. The standard InChI is InChI=1S/C14H9ClO6/c15-10-6-3-5-9(14(18)19)12(10)21-20-11-7-2-1-4-8(11)13(16)17/h1-7H,(H,16,17)(H,18,19). The Hall–Kier alpha value is -2.73. The van der Waals surface area contributed by atoms with Gasteiger partial charge in [-0.1, -0.05) is 29.8 Å². The Kier molecular flexibility index (Phi) is 4.30. The normalized spacial score (nSPS) is 9.95. The van der Waals surface area contributed by atoms with Crippen LogP contribution < -0.4 is 9.78 Å². The van der Waals surface area contributed by atoms with Crippen molar-refractivity contribution < 1.29 is 29.6 Å². The van der Waals surface area contributed by atoms with E-state index in [1.807, 2.05) is 0 Å². The number of benzene rings is 2. The molecule has 2 aromatic carbocycles. The minimum Gasteiger partial charge on any atom is -0.478 e. The van der Waals surface area contributed by atoms with Crippen LogP contribution in [0.4, 0.5) is 0 Å². The summed E-state index contributed by atoms with van der Waals surface area (Å²) in [5, 5.41) is 18.1. The summed E-state index contributed by atoms with van der Waals surface area (Å²) in [4.78, 5) is 31.9. The number of hydrogen-bond acceptors (Lipinski definition) is 4. The molecule has 0 heterocycles. The minimum atomic E-state index is -1.25. The third-order valence-corrected chi connectivity index (χ3v) is 2.83. The molecule has 2 aromatic rings. The molecule has 2 rings (SSSR count). The smallest absolute Gasteiger partial charge is 0.339 e. The molecule has 7 heteroatoms. The van der Waals surface area contributed by atoms with Crippen LogP contribution in [-0.2, 0) is 0 Å². The zero-order valence-corrected chi connectivity index (χ0v) is 11.2. The number of carbonyl (C=O) groups is 2. The molecule has 0 amide bonds. The summed E-state index contributed by atoms with van der Waals surface area (Å²) in [5.74, 6) is -2.72. The van der Waals surface area contributed by atoms with E-state index in [0.717, 1.165) is 0 Å². The molecule has 2 N–H and O–H groups in total. The first-order chi connectivity index (χ1) is 10.0. The molecule has 0 spiro atoms. The van der Waals surface area contributed by atoms with Gasteiger partial charge in [0, 0.05) is 0 Å². The lowest BCUT2D eigenvalue weighted by molar-refractivity contribution is -0.101. The van der Waals surface area contributed by atoms with Crippen LogP contribution in [0.5, 0.6) is 11.5 Å². The molecule has 0 aromatic heterocycles. The van der Waals surface area contributed by atoms with Gasteiger partial charge in [0.15, 0.2) is 5.75 Å². The van der Waals surface area contributed by atoms with Gasteiger partial charge in [-0.3, -0.25) is 9.78 Å². The third kappa shape index (κ3) is 3.24. The molecule has 108 valence electrons. The van der Waals surface area contributed by atoms with Crippen LogP contribution in [-0.4, -0.2) is 22.2 Å². The summed E-state index contributed by atoms with van der Waals surface area (Å²) in [5.41, 5.74) is -0.322. The second-order valence-corrected chi connectivity index (χ2v) is 4.30. The molecule has 0 unspecified atom stereocenters. The van der Waals surface area contributed by atoms with Crippen LogP contribution >= 0.6 is 11.6 Å². The van der Waals surface area contributed by atoms with Crippen molar-refractivity contribution in [1.29, 1.82) is 0 Å². The van der Waals surface area contributed by atoms with E-state index in [2.05, 4.69) is 0 Å². The third-order valence-electron chi connectivity index (χ3n) is 2.53. The number of hydrogen-bond donors (Lipinski definition) is 2. The van der Waals surface area contributed by atoms with E-state index < -0.39 is 11.9 Å². The van der Waals surface area contributed by atoms with Gasteiger partial charge in [0.05, 0.1) is 5.02 Å². The number of carboxylic acid groups (broad SMARTS) is 2. The van der Waals surface area contributed by atoms with Crippen LogP contribution in [0.25, 0.3) is 0 Å². The maximum absolute atomic E-state index is 11.1. The quantitative estimate of drug-likeness (QED) is 0.651. The maximum atomic E-state index is 11.1. The number of rotatable bonds is 5. The highest BCUT2D eigenvalue weighted by Crippen LogP contribution is 2.30. The fourth-order valence-corrected chi connectivity index (χ4v) is 1.77. The Morgan fingerprint density at radius 1 is 0.857 bits per heavy atom. The molecule has 0 saturated heterocycles. The number of carboxylic acids is 2. The minimum absolute atomic E-state index is 0.0303. The first-order valence-electron chi connectivity index (χ1n) is 5.69. The van der Waals surface area contributed by atoms with Gasteiger partial charge in [-0.25, -0.2) is 9.59 Å². The van der Waals surface area contributed by atoms with Crippen molar-refractivity contribution in [2.75, 3.05) is 0 Å². The predicted molar refractivity (Wildman–Crippen MR) is 73.1 cm³/mol. The Bertz CT molecular complexity index is 698. The van der Waals surface area contributed by atoms with E-state index in [-0.39, 0.29) is 27.6 Å². The highest BCUT2D eigenvalue weighted by atomic mass is 35.5. The van der Waals surface area contributed by atoms with Crippen LogP contribution in [0.2, 0.25) is 5.02 Å². The first kappa shape index (κ1) is 14.7. The molecule has 6 nitrogen and oxygen atoms in total. The molecule has 0 radical (unpaired) electrons. The summed E-state index contributed by atoms with van der Waals surface area (Å²) in [6, 6.07) is 9.94. The van der Waals surface area contributed by atoms with Crippen molar-refractivity contribution in [3.05, 3.63) is 58.6 Å². The zero-order valence-electron chi connectivity index (χ0n) is 10.4. The van der Waals surface area contributed by atoms with E-state index in [0.29, 0.717) is 0 Å². The largest absolute Gasteiger partial charge is 0.478 e. The summed E-state index contributed by atoms with van der Waals surface area (Å²) < 4.78 is 0. The molecule has 0 bridgehead atoms. The number of aromatic carboxylic acids is 2. The van der Waals surface area contributed by atoms with Gasteiger partial charge in [0.1, 0.15) is 11.1 Å².